The molecule has 0 aliphatic heterocycles. The van der Waals surface area contributed by atoms with Gasteiger partial charge in [-0.3, -0.25) is 4.79 Å². The Morgan fingerprint density at radius 3 is 2.14 bits per heavy atom. The van der Waals surface area contributed by atoms with Crippen molar-refractivity contribution in [2.75, 3.05) is 0 Å². The summed E-state index contributed by atoms with van der Waals surface area (Å²) in [6.45, 7) is 4.31. The largest absolute Gasteiger partial charge is 0.299 e. The van der Waals surface area contributed by atoms with Gasteiger partial charge in [-0.25, -0.2) is 0 Å². The Kier molecular flexibility index (Phi) is 2.68. The molecule has 3 aliphatic rings. The van der Waals surface area contributed by atoms with Crippen LogP contribution >= 0.6 is 0 Å². The molecule has 14 heavy (non-hydrogen) atoms. The van der Waals surface area contributed by atoms with E-state index in [9.17, 15) is 4.79 Å². The maximum Gasteiger partial charge on any atom is 0.139 e. The summed E-state index contributed by atoms with van der Waals surface area (Å²) in [6.07, 6.45) is 8.37. The second-order valence-corrected chi connectivity index (χ2v) is 5.78. The summed E-state index contributed by atoms with van der Waals surface area (Å²) in [5, 5.41) is 0. The Labute approximate surface area is 87.3 Å². The third-order valence-corrected chi connectivity index (χ3v) is 4.28. The van der Waals surface area contributed by atoms with Crippen LogP contribution in [0.15, 0.2) is 0 Å². The summed E-state index contributed by atoms with van der Waals surface area (Å²) in [5.74, 6) is 2.07. The summed E-state index contributed by atoms with van der Waals surface area (Å²) in [5.41, 5.74) is 0.138. The fraction of sp³-hybridized carbons (Fsp3) is 0.923. The highest BCUT2D eigenvalue weighted by Crippen LogP contribution is 2.51. The van der Waals surface area contributed by atoms with Crippen molar-refractivity contribution in [3.63, 3.8) is 0 Å². The van der Waals surface area contributed by atoms with Gasteiger partial charge in [0.05, 0.1) is 0 Å². The molecule has 3 rings (SSSR count). The number of rotatable bonds is 3. The molecule has 2 bridgehead atoms. The van der Waals surface area contributed by atoms with Crippen molar-refractivity contribution in [3.8, 4) is 0 Å². The number of ketones is 1. The van der Waals surface area contributed by atoms with Gasteiger partial charge in [-0.2, -0.15) is 0 Å². The monoisotopic (exact) mass is 194 g/mol. The normalized spacial score (nSPS) is 36.4. The van der Waals surface area contributed by atoms with Gasteiger partial charge < -0.3 is 0 Å². The minimum Gasteiger partial charge on any atom is -0.299 e. The van der Waals surface area contributed by atoms with Crippen molar-refractivity contribution in [2.24, 2.45) is 17.3 Å². The van der Waals surface area contributed by atoms with E-state index in [4.69, 9.17) is 0 Å². The molecule has 0 heterocycles. The van der Waals surface area contributed by atoms with E-state index in [0.29, 0.717) is 11.7 Å². The van der Waals surface area contributed by atoms with E-state index in [1.807, 2.05) is 0 Å². The number of hydrogen-bond donors (Lipinski definition) is 0. The van der Waals surface area contributed by atoms with Crippen molar-refractivity contribution in [2.45, 2.75) is 58.8 Å². The quantitative estimate of drug-likeness (QED) is 0.671. The molecule has 1 heteroatoms. The highest BCUT2D eigenvalue weighted by molar-refractivity contribution is 5.85. The average molecular weight is 194 g/mol. The Morgan fingerprint density at radius 2 is 1.71 bits per heavy atom. The first-order valence-corrected chi connectivity index (χ1v) is 6.16. The third-order valence-electron chi connectivity index (χ3n) is 4.28. The molecule has 0 unspecified atom stereocenters. The molecule has 1 nitrogen and oxygen atoms in total. The summed E-state index contributed by atoms with van der Waals surface area (Å²) in [4.78, 5) is 12.2. The van der Waals surface area contributed by atoms with Crippen LogP contribution in [0.5, 0.6) is 0 Å². The van der Waals surface area contributed by atoms with Gasteiger partial charge in [0.15, 0.2) is 0 Å². The molecule has 0 radical (unpaired) electrons. The molecule has 0 saturated heterocycles. The van der Waals surface area contributed by atoms with Crippen LogP contribution in [0.2, 0.25) is 0 Å². The molecule has 0 aromatic rings. The maximum atomic E-state index is 12.2. The lowest BCUT2D eigenvalue weighted by Gasteiger charge is -2.45. The lowest BCUT2D eigenvalue weighted by Crippen LogP contribution is -2.40. The van der Waals surface area contributed by atoms with E-state index in [1.54, 1.807) is 0 Å². The fourth-order valence-corrected chi connectivity index (χ4v) is 3.25. The minimum atomic E-state index is 0.138. The molecule has 80 valence electrons. The lowest BCUT2D eigenvalue weighted by atomic mass is 9.58. The minimum absolute atomic E-state index is 0.138. The van der Waals surface area contributed by atoms with Gasteiger partial charge in [0.1, 0.15) is 5.78 Å². The molecule has 0 spiro atoms. The van der Waals surface area contributed by atoms with Crippen molar-refractivity contribution >= 4 is 5.78 Å². The molecule has 0 aromatic carbocycles. The smallest absolute Gasteiger partial charge is 0.139 e. The standard InChI is InChI=1S/C13H22O/c1-10(2)9-12(14)13-6-3-11(4-7-13)5-8-13/h10-11H,3-9H2,1-2H3. The molecule has 0 atom stereocenters. The molecule has 3 aliphatic carbocycles. The van der Waals surface area contributed by atoms with Gasteiger partial charge in [0.25, 0.3) is 0 Å². The first kappa shape index (κ1) is 10.2. The summed E-state index contributed by atoms with van der Waals surface area (Å²) in [7, 11) is 0. The van der Waals surface area contributed by atoms with Gasteiger partial charge in [0, 0.05) is 11.8 Å². The van der Waals surface area contributed by atoms with Gasteiger partial charge >= 0.3 is 0 Å². The first-order valence-electron chi connectivity index (χ1n) is 6.16. The SMILES string of the molecule is CC(C)CC(=O)C12CCC(CC1)CC2. The van der Waals surface area contributed by atoms with E-state index in [0.717, 1.165) is 12.3 Å². The van der Waals surface area contributed by atoms with Gasteiger partial charge in [-0.15, -0.1) is 0 Å². The Morgan fingerprint density at radius 1 is 1.21 bits per heavy atom. The molecule has 3 saturated carbocycles. The molecular formula is C13H22O. The van der Waals surface area contributed by atoms with Gasteiger partial charge in [-0.05, 0) is 50.4 Å². The van der Waals surface area contributed by atoms with Crippen LogP contribution in [0, 0.1) is 17.3 Å². The third kappa shape index (κ3) is 1.74. The number of carbonyl (C=O) groups is 1. The summed E-state index contributed by atoms with van der Waals surface area (Å²) in [6, 6.07) is 0. The predicted molar refractivity (Wildman–Crippen MR) is 58.1 cm³/mol. The van der Waals surface area contributed by atoms with Crippen molar-refractivity contribution in [1.29, 1.82) is 0 Å². The molecular weight excluding hydrogens is 172 g/mol. The van der Waals surface area contributed by atoms with E-state index < -0.39 is 0 Å². The Hall–Kier alpha value is -0.330. The summed E-state index contributed by atoms with van der Waals surface area (Å²) >= 11 is 0. The average Bonchev–Trinajstić information content (AvgIpc) is 2.19. The topological polar surface area (TPSA) is 17.1 Å². The van der Waals surface area contributed by atoms with Gasteiger partial charge in [0.2, 0.25) is 0 Å². The zero-order valence-corrected chi connectivity index (χ0v) is 9.51. The highest BCUT2D eigenvalue weighted by atomic mass is 16.1. The Balaban J connectivity index is 2.03. The van der Waals surface area contributed by atoms with Crippen LogP contribution in [0.25, 0.3) is 0 Å². The van der Waals surface area contributed by atoms with Crippen LogP contribution < -0.4 is 0 Å². The highest BCUT2D eigenvalue weighted by Gasteiger charge is 2.44. The molecule has 0 N–H and O–H groups in total. The summed E-state index contributed by atoms with van der Waals surface area (Å²) < 4.78 is 0. The van der Waals surface area contributed by atoms with Crippen molar-refractivity contribution in [1.82, 2.24) is 0 Å². The number of Topliss-reactive ketones (excluding diaryl/α,β-unsaturated/α-hetero) is 1. The number of carbonyl (C=O) groups excluding carboxylic acids is 1. The van der Waals surface area contributed by atoms with Crippen LogP contribution in [0.4, 0.5) is 0 Å². The maximum absolute atomic E-state index is 12.2. The fourth-order valence-electron chi connectivity index (χ4n) is 3.25. The van der Waals surface area contributed by atoms with E-state index >= 15 is 0 Å². The van der Waals surface area contributed by atoms with Crippen molar-refractivity contribution in [3.05, 3.63) is 0 Å². The zero-order valence-electron chi connectivity index (χ0n) is 9.51. The zero-order chi connectivity index (χ0) is 10.2. The van der Waals surface area contributed by atoms with Crippen LogP contribution in [-0.4, -0.2) is 5.78 Å². The van der Waals surface area contributed by atoms with Gasteiger partial charge in [-0.1, -0.05) is 13.8 Å². The second kappa shape index (κ2) is 3.67. The van der Waals surface area contributed by atoms with E-state index in [2.05, 4.69) is 13.8 Å². The number of fused-ring (bicyclic) bond motifs is 3. The molecule has 0 amide bonds. The lowest BCUT2D eigenvalue weighted by molar-refractivity contribution is -0.135. The van der Waals surface area contributed by atoms with Crippen LogP contribution in [0.1, 0.15) is 58.8 Å². The first-order chi connectivity index (χ1) is 6.62. The van der Waals surface area contributed by atoms with E-state index in [-0.39, 0.29) is 5.41 Å². The van der Waals surface area contributed by atoms with Crippen LogP contribution in [-0.2, 0) is 4.79 Å². The van der Waals surface area contributed by atoms with E-state index in [1.165, 1.54) is 38.5 Å². The molecule has 3 fully saturated rings. The van der Waals surface area contributed by atoms with Crippen LogP contribution in [0.3, 0.4) is 0 Å². The Bertz CT molecular complexity index is 208. The number of hydrogen-bond acceptors (Lipinski definition) is 1. The van der Waals surface area contributed by atoms with Crippen molar-refractivity contribution < 1.29 is 4.79 Å². The second-order valence-electron chi connectivity index (χ2n) is 5.78. The molecule has 0 aromatic heterocycles. The predicted octanol–water partition coefficient (Wildman–Crippen LogP) is 3.57.